The molecule has 2 N–H and O–H groups in total. The Morgan fingerprint density at radius 2 is 1.86 bits per heavy atom. The number of carbonyl (C=O) groups is 1. The van der Waals surface area contributed by atoms with Gasteiger partial charge in [-0.1, -0.05) is 24.3 Å². The SMILES string of the molecule is N#C/C(=C(/O)COC(=O)c1ccccc1C(F)(F)F)c1nc2ccccc2[nH]1. The number of hydrogen-bond donors (Lipinski definition) is 2. The number of benzene rings is 2. The Labute approximate surface area is 156 Å². The van der Waals surface area contributed by atoms with Crippen LogP contribution in [-0.2, 0) is 10.9 Å². The minimum atomic E-state index is -4.74. The largest absolute Gasteiger partial charge is 0.507 e. The average Bonchev–Trinajstić information content (AvgIpc) is 3.09. The maximum absolute atomic E-state index is 13.0. The summed E-state index contributed by atoms with van der Waals surface area (Å²) in [4.78, 5) is 19.0. The number of carbonyl (C=O) groups excluding carboxylic acids is 1. The smallest absolute Gasteiger partial charge is 0.417 e. The molecule has 0 spiro atoms. The van der Waals surface area contributed by atoms with Crippen LogP contribution >= 0.6 is 0 Å². The summed E-state index contributed by atoms with van der Waals surface area (Å²) >= 11 is 0. The molecule has 0 bridgehead atoms. The molecule has 0 fully saturated rings. The summed E-state index contributed by atoms with van der Waals surface area (Å²) in [7, 11) is 0. The van der Waals surface area contributed by atoms with Crippen molar-refractivity contribution in [2.24, 2.45) is 0 Å². The van der Waals surface area contributed by atoms with E-state index in [1.54, 1.807) is 30.3 Å². The van der Waals surface area contributed by atoms with Crippen LogP contribution in [0.5, 0.6) is 0 Å². The van der Waals surface area contributed by atoms with E-state index in [2.05, 4.69) is 9.97 Å². The van der Waals surface area contributed by atoms with E-state index >= 15 is 0 Å². The van der Waals surface area contributed by atoms with Gasteiger partial charge in [0.1, 0.15) is 18.2 Å². The van der Waals surface area contributed by atoms with Crippen LogP contribution in [0.25, 0.3) is 16.6 Å². The number of ether oxygens (including phenoxy) is 1. The number of aliphatic hydroxyl groups is 1. The molecule has 0 saturated heterocycles. The van der Waals surface area contributed by atoms with E-state index in [1.807, 2.05) is 0 Å². The maximum Gasteiger partial charge on any atom is 0.417 e. The number of nitrogens with one attached hydrogen (secondary N) is 1. The summed E-state index contributed by atoms with van der Waals surface area (Å²) in [5.74, 6) is -1.87. The molecule has 2 aromatic carbocycles. The van der Waals surface area contributed by atoms with E-state index in [0.717, 1.165) is 18.2 Å². The number of aromatic amines is 1. The monoisotopic (exact) mass is 387 g/mol. The fourth-order valence-electron chi connectivity index (χ4n) is 2.52. The van der Waals surface area contributed by atoms with Gasteiger partial charge < -0.3 is 14.8 Å². The molecule has 3 rings (SSSR count). The molecule has 9 heteroatoms. The lowest BCUT2D eigenvalue weighted by Gasteiger charge is -2.12. The molecule has 0 aliphatic rings. The Kier molecular flexibility index (Phi) is 5.04. The molecule has 28 heavy (non-hydrogen) atoms. The summed E-state index contributed by atoms with van der Waals surface area (Å²) < 4.78 is 43.7. The van der Waals surface area contributed by atoms with Gasteiger partial charge in [0.25, 0.3) is 0 Å². The second-order valence-electron chi connectivity index (χ2n) is 5.66. The van der Waals surface area contributed by atoms with Crippen LogP contribution in [0.3, 0.4) is 0 Å². The van der Waals surface area contributed by atoms with E-state index in [-0.39, 0.29) is 11.4 Å². The van der Waals surface area contributed by atoms with E-state index in [0.29, 0.717) is 11.0 Å². The number of esters is 1. The Bertz CT molecular complexity index is 1080. The van der Waals surface area contributed by atoms with Gasteiger partial charge in [-0.25, -0.2) is 9.78 Å². The highest BCUT2D eigenvalue weighted by Crippen LogP contribution is 2.32. The topological polar surface area (TPSA) is 99.0 Å². The molecule has 1 aromatic heterocycles. The zero-order valence-corrected chi connectivity index (χ0v) is 14.1. The Hall–Kier alpha value is -3.80. The summed E-state index contributed by atoms with van der Waals surface area (Å²) in [5, 5.41) is 19.4. The zero-order chi connectivity index (χ0) is 20.3. The van der Waals surface area contributed by atoms with Gasteiger partial charge >= 0.3 is 12.1 Å². The van der Waals surface area contributed by atoms with Crippen molar-refractivity contribution in [2.75, 3.05) is 6.61 Å². The van der Waals surface area contributed by atoms with Crippen molar-refractivity contribution >= 4 is 22.6 Å². The molecule has 0 amide bonds. The molecule has 0 atom stereocenters. The lowest BCUT2D eigenvalue weighted by atomic mass is 10.1. The van der Waals surface area contributed by atoms with Gasteiger partial charge in [0, 0.05) is 0 Å². The van der Waals surface area contributed by atoms with Crippen LogP contribution < -0.4 is 0 Å². The highest BCUT2D eigenvalue weighted by Gasteiger charge is 2.35. The first kappa shape index (κ1) is 19.0. The van der Waals surface area contributed by atoms with Crippen molar-refractivity contribution in [3.8, 4) is 6.07 Å². The number of alkyl halides is 3. The van der Waals surface area contributed by atoms with E-state index in [1.165, 1.54) is 6.07 Å². The van der Waals surface area contributed by atoms with Crippen molar-refractivity contribution in [3.05, 3.63) is 71.2 Å². The van der Waals surface area contributed by atoms with Gasteiger partial charge in [-0.2, -0.15) is 18.4 Å². The van der Waals surface area contributed by atoms with Crippen molar-refractivity contribution < 1.29 is 27.8 Å². The Morgan fingerprint density at radius 1 is 1.18 bits per heavy atom. The van der Waals surface area contributed by atoms with Crippen LogP contribution in [0.4, 0.5) is 13.2 Å². The molecule has 0 aliphatic heterocycles. The first-order valence-electron chi connectivity index (χ1n) is 7.92. The maximum atomic E-state index is 13.0. The van der Waals surface area contributed by atoms with E-state index in [4.69, 9.17) is 4.74 Å². The number of aromatic nitrogens is 2. The van der Waals surface area contributed by atoms with Crippen LogP contribution in [-0.4, -0.2) is 27.7 Å². The number of nitriles is 1. The normalized spacial score (nSPS) is 12.4. The van der Waals surface area contributed by atoms with Crippen molar-refractivity contribution in [2.45, 2.75) is 6.18 Å². The Balaban J connectivity index is 1.83. The molecule has 142 valence electrons. The fourth-order valence-corrected chi connectivity index (χ4v) is 2.52. The summed E-state index contributed by atoms with van der Waals surface area (Å²) in [5.41, 5.74) is -0.956. The molecule has 0 radical (unpaired) electrons. The highest BCUT2D eigenvalue weighted by molar-refractivity contribution is 5.91. The molecule has 6 nitrogen and oxygen atoms in total. The van der Waals surface area contributed by atoms with Crippen molar-refractivity contribution in [3.63, 3.8) is 0 Å². The molecule has 0 unspecified atom stereocenters. The van der Waals surface area contributed by atoms with Crippen LogP contribution in [0.1, 0.15) is 21.7 Å². The Morgan fingerprint density at radius 3 is 2.54 bits per heavy atom. The first-order chi connectivity index (χ1) is 13.3. The number of allylic oxidation sites excluding steroid dienone is 1. The number of nitrogens with zero attached hydrogens (tertiary/aromatic N) is 2. The summed E-state index contributed by atoms with van der Waals surface area (Å²) in [6.07, 6.45) is -4.74. The van der Waals surface area contributed by atoms with Gasteiger partial charge in [0.05, 0.1) is 22.2 Å². The number of para-hydroxylation sites is 2. The minimum absolute atomic E-state index is 0.0490. The molecule has 3 aromatic rings. The van der Waals surface area contributed by atoms with Gasteiger partial charge in [0.15, 0.2) is 11.6 Å². The van der Waals surface area contributed by atoms with Crippen molar-refractivity contribution in [1.82, 2.24) is 9.97 Å². The van der Waals surface area contributed by atoms with Crippen molar-refractivity contribution in [1.29, 1.82) is 5.26 Å². The number of fused-ring (bicyclic) bond motifs is 1. The third-order valence-corrected chi connectivity index (χ3v) is 3.82. The molecular weight excluding hydrogens is 375 g/mol. The number of hydrogen-bond acceptors (Lipinski definition) is 5. The number of imidazole rings is 1. The van der Waals surface area contributed by atoms with Gasteiger partial charge in [-0.05, 0) is 24.3 Å². The average molecular weight is 387 g/mol. The van der Waals surface area contributed by atoms with Gasteiger partial charge in [0.2, 0.25) is 0 Å². The lowest BCUT2D eigenvalue weighted by molar-refractivity contribution is -0.138. The van der Waals surface area contributed by atoms with Crippen LogP contribution in [0.2, 0.25) is 0 Å². The molecule has 0 aliphatic carbocycles. The quantitative estimate of drug-likeness (QED) is 0.397. The number of aliphatic hydroxyl groups excluding tert-OH is 1. The second-order valence-corrected chi connectivity index (χ2v) is 5.66. The molecule has 1 heterocycles. The third-order valence-electron chi connectivity index (χ3n) is 3.82. The number of halogens is 3. The first-order valence-corrected chi connectivity index (χ1v) is 7.92. The lowest BCUT2D eigenvalue weighted by Crippen LogP contribution is -2.16. The van der Waals surface area contributed by atoms with Gasteiger partial charge in [-0.15, -0.1) is 0 Å². The van der Waals surface area contributed by atoms with Crippen LogP contribution in [0.15, 0.2) is 54.3 Å². The minimum Gasteiger partial charge on any atom is -0.507 e. The predicted octanol–water partition coefficient (Wildman–Crippen LogP) is 4.23. The molecular formula is C19H12F3N3O3. The molecule has 0 saturated carbocycles. The van der Waals surface area contributed by atoms with E-state index in [9.17, 15) is 28.3 Å². The zero-order valence-electron chi connectivity index (χ0n) is 14.1. The fraction of sp³-hybridized carbons (Fsp3) is 0.105. The van der Waals surface area contributed by atoms with Gasteiger partial charge in [-0.3, -0.25) is 0 Å². The standard InChI is InChI=1S/C19H12F3N3O3/c20-19(21,22)13-6-2-1-5-11(13)18(27)28-10-16(26)12(9-23)17-24-14-7-3-4-8-15(14)25-17/h1-8,26H,10H2,(H,24,25)/b16-12-. The third kappa shape index (κ3) is 3.81. The summed E-state index contributed by atoms with van der Waals surface area (Å²) in [6, 6.07) is 12.8. The predicted molar refractivity (Wildman–Crippen MR) is 93.0 cm³/mol. The van der Waals surface area contributed by atoms with Crippen LogP contribution in [0, 0.1) is 11.3 Å². The summed E-state index contributed by atoms with van der Waals surface area (Å²) in [6.45, 7) is -0.787. The number of rotatable bonds is 4. The second kappa shape index (κ2) is 7.44. The number of H-pyrrole nitrogens is 1. The van der Waals surface area contributed by atoms with E-state index < -0.39 is 35.6 Å². The highest BCUT2D eigenvalue weighted by atomic mass is 19.4.